The van der Waals surface area contributed by atoms with E-state index in [1.165, 1.54) is 95.0 Å². The summed E-state index contributed by atoms with van der Waals surface area (Å²) >= 11 is 0. The summed E-state index contributed by atoms with van der Waals surface area (Å²) < 4.78 is 0. The summed E-state index contributed by atoms with van der Waals surface area (Å²) in [6.07, 6.45) is 0. The first kappa shape index (κ1) is 25.1. The molecular weight excluding hydrogens is 398 g/mol. The largest absolute Gasteiger partial charge is 0.309 e. The smallest absolute Gasteiger partial charge is 0.0525 e. The first-order valence-electron chi connectivity index (χ1n) is 12.2. The highest BCUT2D eigenvalue weighted by molar-refractivity contribution is 5.89. The van der Waals surface area contributed by atoms with Gasteiger partial charge in [0.15, 0.2) is 0 Å². The summed E-state index contributed by atoms with van der Waals surface area (Å²) in [4.78, 5) is 2.62. The highest BCUT2D eigenvalue weighted by Crippen LogP contribution is 2.48. The molecule has 0 spiro atoms. The van der Waals surface area contributed by atoms with Gasteiger partial charge in [-0.05, 0) is 175 Å². The van der Waals surface area contributed by atoms with Crippen molar-refractivity contribution in [2.24, 2.45) is 0 Å². The Morgan fingerprint density at radius 2 is 0.576 bits per heavy atom. The van der Waals surface area contributed by atoms with E-state index in [0.29, 0.717) is 0 Å². The number of aryl methyl sites for hydroxylation is 2. The number of hydrogen-bond acceptors (Lipinski definition) is 1. The first-order valence-corrected chi connectivity index (χ1v) is 12.2. The molecule has 0 heterocycles. The SMILES string of the molecule is Cc1cc(C)c(N(c2c(C)c(C)c(C)c(C)c2C)c2c(C)c(C)c(C)c(C)c2C)c(C)c1C. The Bertz CT molecular complexity index is 1160. The second kappa shape index (κ2) is 8.67. The van der Waals surface area contributed by atoms with E-state index in [9.17, 15) is 0 Å². The molecule has 0 radical (unpaired) electrons. The van der Waals surface area contributed by atoms with Gasteiger partial charge in [-0.3, -0.25) is 0 Å². The molecule has 0 amide bonds. The maximum Gasteiger partial charge on any atom is 0.0525 e. The Morgan fingerprint density at radius 3 is 0.909 bits per heavy atom. The number of anilines is 3. The Morgan fingerprint density at radius 1 is 0.303 bits per heavy atom. The normalized spacial score (nSPS) is 11.3. The first-order chi connectivity index (χ1) is 15.2. The van der Waals surface area contributed by atoms with E-state index in [1.54, 1.807) is 0 Å². The average Bonchev–Trinajstić information content (AvgIpc) is 2.77. The van der Waals surface area contributed by atoms with Crippen LogP contribution in [0, 0.1) is 96.9 Å². The molecule has 0 aliphatic heterocycles. The highest BCUT2D eigenvalue weighted by Gasteiger charge is 2.28. The van der Waals surface area contributed by atoms with Crippen molar-refractivity contribution in [3.63, 3.8) is 0 Å². The zero-order chi connectivity index (χ0) is 25.1. The van der Waals surface area contributed by atoms with Crippen molar-refractivity contribution in [3.05, 3.63) is 84.0 Å². The second-order valence-electron chi connectivity index (χ2n) is 10.4. The van der Waals surface area contributed by atoms with Crippen molar-refractivity contribution in [1.29, 1.82) is 0 Å². The van der Waals surface area contributed by atoms with Crippen LogP contribution in [-0.2, 0) is 0 Å². The number of hydrogen-bond donors (Lipinski definition) is 0. The quantitative estimate of drug-likeness (QED) is 0.391. The summed E-state index contributed by atoms with van der Waals surface area (Å²) in [6.45, 7) is 32.0. The van der Waals surface area contributed by atoms with Crippen LogP contribution in [0.4, 0.5) is 17.1 Å². The fourth-order valence-corrected chi connectivity index (χ4v) is 5.58. The summed E-state index contributed by atoms with van der Waals surface area (Å²) in [5.74, 6) is 0. The van der Waals surface area contributed by atoms with Crippen molar-refractivity contribution in [2.75, 3.05) is 4.90 Å². The fourth-order valence-electron chi connectivity index (χ4n) is 5.58. The molecule has 3 aromatic carbocycles. The minimum absolute atomic E-state index is 1.33. The van der Waals surface area contributed by atoms with E-state index in [-0.39, 0.29) is 0 Å². The van der Waals surface area contributed by atoms with Crippen molar-refractivity contribution in [3.8, 4) is 0 Å². The van der Waals surface area contributed by atoms with Crippen molar-refractivity contribution in [2.45, 2.75) is 96.9 Å². The van der Waals surface area contributed by atoms with Crippen LogP contribution in [0.2, 0.25) is 0 Å². The second-order valence-corrected chi connectivity index (χ2v) is 10.4. The van der Waals surface area contributed by atoms with E-state index >= 15 is 0 Å². The lowest BCUT2D eigenvalue weighted by molar-refractivity contribution is 1.08. The Kier molecular flexibility index (Phi) is 6.59. The van der Waals surface area contributed by atoms with Crippen LogP contribution in [0.15, 0.2) is 6.07 Å². The molecule has 0 aliphatic rings. The molecule has 3 rings (SSSR count). The van der Waals surface area contributed by atoms with E-state index in [1.807, 2.05) is 0 Å². The molecule has 0 N–H and O–H groups in total. The Hall–Kier alpha value is -2.54. The molecule has 176 valence electrons. The molecule has 1 heteroatoms. The van der Waals surface area contributed by atoms with Gasteiger partial charge in [0.05, 0.1) is 17.1 Å². The molecule has 1 nitrogen and oxygen atoms in total. The average molecular weight is 442 g/mol. The van der Waals surface area contributed by atoms with Gasteiger partial charge in [-0.2, -0.15) is 0 Å². The van der Waals surface area contributed by atoms with Gasteiger partial charge in [-0.25, -0.2) is 0 Å². The lowest BCUT2D eigenvalue weighted by Gasteiger charge is -2.37. The van der Waals surface area contributed by atoms with E-state index < -0.39 is 0 Å². The predicted octanol–water partition coefficient (Wildman–Crippen LogP) is 9.47. The van der Waals surface area contributed by atoms with Gasteiger partial charge in [0.25, 0.3) is 0 Å². The third-order valence-corrected chi connectivity index (χ3v) is 8.91. The van der Waals surface area contributed by atoms with E-state index in [0.717, 1.165) is 0 Å². The molecule has 0 bridgehead atoms. The topological polar surface area (TPSA) is 3.24 Å². The van der Waals surface area contributed by atoms with Crippen LogP contribution in [0.1, 0.15) is 77.9 Å². The Balaban J connectivity index is 2.64. The van der Waals surface area contributed by atoms with Gasteiger partial charge in [0.1, 0.15) is 0 Å². The van der Waals surface area contributed by atoms with Crippen LogP contribution in [-0.4, -0.2) is 0 Å². The highest BCUT2D eigenvalue weighted by atomic mass is 15.2. The number of rotatable bonds is 3. The van der Waals surface area contributed by atoms with Crippen LogP contribution in [0.3, 0.4) is 0 Å². The molecule has 33 heavy (non-hydrogen) atoms. The third-order valence-electron chi connectivity index (χ3n) is 8.91. The molecule has 3 aromatic rings. The maximum atomic E-state index is 2.62. The summed E-state index contributed by atoms with van der Waals surface area (Å²) in [5, 5.41) is 0. The van der Waals surface area contributed by atoms with Crippen LogP contribution in [0.25, 0.3) is 0 Å². The predicted molar refractivity (Wildman–Crippen MR) is 147 cm³/mol. The minimum atomic E-state index is 1.33. The zero-order valence-electron chi connectivity index (χ0n) is 23.5. The van der Waals surface area contributed by atoms with Crippen molar-refractivity contribution >= 4 is 17.1 Å². The van der Waals surface area contributed by atoms with E-state index in [4.69, 9.17) is 0 Å². The molecule has 0 aromatic heterocycles. The van der Waals surface area contributed by atoms with Gasteiger partial charge in [-0.15, -0.1) is 0 Å². The number of benzene rings is 3. The summed E-state index contributed by atoms with van der Waals surface area (Å²) in [5.41, 5.74) is 23.4. The third kappa shape index (κ3) is 3.70. The lowest BCUT2D eigenvalue weighted by atomic mass is 9.87. The minimum Gasteiger partial charge on any atom is -0.309 e. The van der Waals surface area contributed by atoms with Gasteiger partial charge >= 0.3 is 0 Å². The van der Waals surface area contributed by atoms with Gasteiger partial charge in [-0.1, -0.05) is 6.07 Å². The number of nitrogens with zero attached hydrogens (tertiary/aromatic N) is 1. The van der Waals surface area contributed by atoms with Gasteiger partial charge < -0.3 is 4.90 Å². The fraction of sp³-hybridized carbons (Fsp3) is 0.438. The zero-order valence-corrected chi connectivity index (χ0v) is 23.5. The molecule has 0 unspecified atom stereocenters. The standard InChI is InChI=1S/C32H43N/c1-16-15-17(2)30(25(10)18(16)3)33(31-26(11)21(6)19(4)22(7)27(31)12)32-28(13)23(8)20(5)24(9)29(32)14/h15H,1-14H3. The van der Waals surface area contributed by atoms with Crippen LogP contribution in [0.5, 0.6) is 0 Å². The van der Waals surface area contributed by atoms with Crippen LogP contribution < -0.4 is 4.90 Å². The van der Waals surface area contributed by atoms with Crippen molar-refractivity contribution in [1.82, 2.24) is 0 Å². The summed E-state index contributed by atoms with van der Waals surface area (Å²) in [7, 11) is 0. The van der Waals surface area contributed by atoms with Gasteiger partial charge in [0.2, 0.25) is 0 Å². The molecule has 0 aliphatic carbocycles. The van der Waals surface area contributed by atoms with E-state index in [2.05, 4.69) is 108 Å². The van der Waals surface area contributed by atoms with Gasteiger partial charge in [0, 0.05) is 0 Å². The van der Waals surface area contributed by atoms with Crippen LogP contribution >= 0.6 is 0 Å². The van der Waals surface area contributed by atoms with Crippen molar-refractivity contribution < 1.29 is 0 Å². The molecule has 0 fully saturated rings. The molecule has 0 saturated heterocycles. The monoisotopic (exact) mass is 441 g/mol. The summed E-state index contributed by atoms with van der Waals surface area (Å²) in [6, 6.07) is 2.36. The molecule has 0 saturated carbocycles. The molecule has 0 atom stereocenters. The molecular formula is C32H43N. The lowest BCUT2D eigenvalue weighted by Crippen LogP contribution is -2.21. The Labute approximate surface area is 202 Å². The maximum absolute atomic E-state index is 2.62.